The normalized spacial score (nSPS) is 16.7. The van der Waals surface area contributed by atoms with Gasteiger partial charge in [-0.15, -0.1) is 0 Å². The molecule has 1 saturated heterocycles. The van der Waals surface area contributed by atoms with Gasteiger partial charge in [-0.2, -0.15) is 13.2 Å². The lowest BCUT2D eigenvalue weighted by atomic mass is 9.98. The Hall–Kier alpha value is -1.44. The average molecular weight is 445 g/mol. The molecule has 2 aromatic carbocycles. The molecule has 1 aliphatic rings. The van der Waals surface area contributed by atoms with E-state index in [0.29, 0.717) is 15.6 Å². The highest BCUT2D eigenvalue weighted by molar-refractivity contribution is 9.10. The van der Waals surface area contributed by atoms with Crippen LogP contribution >= 0.6 is 15.9 Å². The van der Waals surface area contributed by atoms with Crippen LogP contribution in [0.25, 0.3) is 11.1 Å². The van der Waals surface area contributed by atoms with Crippen molar-refractivity contribution in [2.75, 3.05) is 32.7 Å². The van der Waals surface area contributed by atoms with Gasteiger partial charge in [0.15, 0.2) is 0 Å². The van der Waals surface area contributed by atoms with Crippen LogP contribution in [0.2, 0.25) is 0 Å². The van der Waals surface area contributed by atoms with E-state index in [1.54, 1.807) is 12.1 Å². The second-order valence-electron chi connectivity index (χ2n) is 6.74. The molecule has 146 valence electrons. The standard InChI is InChI=1S/C20H21BrF4N2/c1-2-26-5-7-27(8-6-26)13-15-4-3-14(11-19(15)20(23,24)25)16-9-17(21)12-18(22)10-16/h3-4,9-12H,2,5-8,13H2,1H3. The number of hydrogen-bond donors (Lipinski definition) is 0. The van der Waals surface area contributed by atoms with E-state index in [2.05, 4.69) is 32.7 Å². The predicted octanol–water partition coefficient (Wildman–Crippen LogP) is 5.41. The van der Waals surface area contributed by atoms with Gasteiger partial charge in [0, 0.05) is 37.2 Å². The minimum absolute atomic E-state index is 0.256. The van der Waals surface area contributed by atoms with Crippen LogP contribution in [0.4, 0.5) is 17.6 Å². The van der Waals surface area contributed by atoms with Crippen molar-refractivity contribution in [3.63, 3.8) is 0 Å². The molecule has 0 radical (unpaired) electrons. The molecular weight excluding hydrogens is 424 g/mol. The second-order valence-corrected chi connectivity index (χ2v) is 7.65. The Morgan fingerprint density at radius 2 is 1.59 bits per heavy atom. The summed E-state index contributed by atoms with van der Waals surface area (Å²) in [4.78, 5) is 4.33. The van der Waals surface area contributed by atoms with Crippen molar-refractivity contribution >= 4 is 15.9 Å². The fourth-order valence-electron chi connectivity index (χ4n) is 3.38. The van der Waals surface area contributed by atoms with Gasteiger partial charge >= 0.3 is 6.18 Å². The maximum Gasteiger partial charge on any atom is 0.416 e. The highest BCUT2D eigenvalue weighted by Gasteiger charge is 2.34. The van der Waals surface area contributed by atoms with E-state index in [1.807, 2.05) is 0 Å². The molecule has 3 rings (SSSR count). The predicted molar refractivity (Wildman–Crippen MR) is 102 cm³/mol. The summed E-state index contributed by atoms with van der Waals surface area (Å²) < 4.78 is 55.1. The minimum Gasteiger partial charge on any atom is -0.301 e. The number of alkyl halides is 3. The molecule has 0 spiro atoms. The molecule has 0 unspecified atom stereocenters. The van der Waals surface area contributed by atoms with Crippen molar-refractivity contribution < 1.29 is 17.6 Å². The third-order valence-electron chi connectivity index (χ3n) is 4.92. The number of likely N-dealkylation sites (N-methyl/N-ethyl adjacent to an activating group) is 1. The van der Waals surface area contributed by atoms with E-state index in [-0.39, 0.29) is 12.1 Å². The number of halogens is 5. The molecule has 0 aromatic heterocycles. The van der Waals surface area contributed by atoms with E-state index < -0.39 is 17.6 Å². The quantitative estimate of drug-likeness (QED) is 0.581. The van der Waals surface area contributed by atoms with Gasteiger partial charge in [0.1, 0.15) is 5.82 Å². The smallest absolute Gasteiger partial charge is 0.301 e. The number of hydrogen-bond acceptors (Lipinski definition) is 2. The number of piperazine rings is 1. The van der Waals surface area contributed by atoms with Gasteiger partial charge in [-0.3, -0.25) is 4.90 Å². The van der Waals surface area contributed by atoms with Crippen molar-refractivity contribution in [3.8, 4) is 11.1 Å². The second kappa shape index (κ2) is 8.29. The largest absolute Gasteiger partial charge is 0.416 e. The maximum atomic E-state index is 13.7. The molecule has 2 aromatic rings. The Morgan fingerprint density at radius 1 is 0.926 bits per heavy atom. The third kappa shape index (κ3) is 5.09. The highest BCUT2D eigenvalue weighted by atomic mass is 79.9. The van der Waals surface area contributed by atoms with Gasteiger partial charge < -0.3 is 4.90 Å². The number of rotatable bonds is 4. The zero-order chi connectivity index (χ0) is 19.6. The van der Waals surface area contributed by atoms with Crippen LogP contribution in [0, 0.1) is 5.82 Å². The Kier molecular flexibility index (Phi) is 6.23. The van der Waals surface area contributed by atoms with Crippen molar-refractivity contribution in [1.82, 2.24) is 9.80 Å². The van der Waals surface area contributed by atoms with E-state index in [1.165, 1.54) is 18.2 Å². The van der Waals surface area contributed by atoms with Crippen molar-refractivity contribution in [3.05, 3.63) is 57.8 Å². The Balaban J connectivity index is 1.89. The van der Waals surface area contributed by atoms with Crippen LogP contribution < -0.4 is 0 Å². The summed E-state index contributed by atoms with van der Waals surface area (Å²) in [5, 5.41) is 0. The summed E-state index contributed by atoms with van der Waals surface area (Å²) in [6.07, 6.45) is -4.46. The molecule has 0 atom stereocenters. The molecule has 0 amide bonds. The first-order valence-corrected chi connectivity index (χ1v) is 9.67. The lowest BCUT2D eigenvalue weighted by Crippen LogP contribution is -2.45. The lowest BCUT2D eigenvalue weighted by Gasteiger charge is -2.34. The molecule has 1 aliphatic heterocycles. The Labute approximate surface area is 164 Å². The van der Waals surface area contributed by atoms with Gasteiger partial charge in [-0.1, -0.05) is 35.0 Å². The van der Waals surface area contributed by atoms with Crippen LogP contribution in [0.3, 0.4) is 0 Å². The maximum absolute atomic E-state index is 13.7. The molecule has 27 heavy (non-hydrogen) atoms. The van der Waals surface area contributed by atoms with Crippen LogP contribution in [0.5, 0.6) is 0 Å². The molecule has 0 aliphatic carbocycles. The number of nitrogens with zero attached hydrogens (tertiary/aromatic N) is 2. The molecule has 0 bridgehead atoms. The molecule has 1 fully saturated rings. The van der Waals surface area contributed by atoms with Crippen molar-refractivity contribution in [2.45, 2.75) is 19.6 Å². The zero-order valence-electron chi connectivity index (χ0n) is 15.0. The summed E-state index contributed by atoms with van der Waals surface area (Å²) >= 11 is 3.19. The van der Waals surface area contributed by atoms with Crippen LogP contribution in [-0.4, -0.2) is 42.5 Å². The Morgan fingerprint density at radius 3 is 2.19 bits per heavy atom. The highest BCUT2D eigenvalue weighted by Crippen LogP contribution is 2.36. The minimum atomic E-state index is -4.46. The van der Waals surface area contributed by atoms with Crippen LogP contribution in [0.1, 0.15) is 18.1 Å². The summed E-state index contributed by atoms with van der Waals surface area (Å²) in [6, 6.07) is 8.40. The van der Waals surface area contributed by atoms with E-state index in [4.69, 9.17) is 0 Å². The van der Waals surface area contributed by atoms with Crippen molar-refractivity contribution in [2.24, 2.45) is 0 Å². The van der Waals surface area contributed by atoms with Crippen molar-refractivity contribution in [1.29, 1.82) is 0 Å². The average Bonchev–Trinajstić information content (AvgIpc) is 2.61. The topological polar surface area (TPSA) is 6.48 Å². The van der Waals surface area contributed by atoms with Crippen LogP contribution in [0.15, 0.2) is 40.9 Å². The summed E-state index contributed by atoms with van der Waals surface area (Å²) in [6.45, 7) is 6.55. The zero-order valence-corrected chi connectivity index (χ0v) is 16.6. The summed E-state index contributed by atoms with van der Waals surface area (Å²) in [5.41, 5.74) is 0.363. The van der Waals surface area contributed by atoms with Gasteiger partial charge in [0.05, 0.1) is 5.56 Å². The molecule has 7 heteroatoms. The fraction of sp³-hybridized carbons (Fsp3) is 0.400. The van der Waals surface area contributed by atoms with E-state index in [0.717, 1.165) is 38.8 Å². The molecule has 1 heterocycles. The SMILES string of the molecule is CCN1CCN(Cc2ccc(-c3cc(F)cc(Br)c3)cc2C(F)(F)F)CC1. The van der Waals surface area contributed by atoms with Gasteiger partial charge in [0.2, 0.25) is 0 Å². The monoisotopic (exact) mass is 444 g/mol. The van der Waals surface area contributed by atoms with E-state index >= 15 is 0 Å². The molecular formula is C20H21BrF4N2. The first-order valence-electron chi connectivity index (χ1n) is 8.87. The third-order valence-corrected chi connectivity index (χ3v) is 5.38. The summed E-state index contributed by atoms with van der Waals surface area (Å²) in [7, 11) is 0. The number of benzene rings is 2. The van der Waals surface area contributed by atoms with Gasteiger partial charge in [-0.05, 0) is 47.5 Å². The molecule has 0 N–H and O–H groups in total. The Bertz CT molecular complexity index is 779. The van der Waals surface area contributed by atoms with Gasteiger partial charge in [-0.25, -0.2) is 4.39 Å². The molecule has 0 saturated carbocycles. The van der Waals surface area contributed by atoms with Gasteiger partial charge in [0.25, 0.3) is 0 Å². The first kappa shape index (κ1) is 20.3. The lowest BCUT2D eigenvalue weighted by molar-refractivity contribution is -0.138. The summed E-state index contributed by atoms with van der Waals surface area (Å²) in [5.74, 6) is -0.495. The molecule has 2 nitrogen and oxygen atoms in total. The van der Waals surface area contributed by atoms with Crippen LogP contribution in [-0.2, 0) is 12.7 Å². The van der Waals surface area contributed by atoms with E-state index in [9.17, 15) is 17.6 Å². The first-order chi connectivity index (χ1) is 12.8. The fourth-order valence-corrected chi connectivity index (χ4v) is 3.85.